The van der Waals surface area contributed by atoms with Crippen molar-refractivity contribution in [1.29, 1.82) is 0 Å². The molecule has 116 valence electrons. The van der Waals surface area contributed by atoms with Gasteiger partial charge in [0.2, 0.25) is 11.7 Å². The predicted octanol–water partition coefficient (Wildman–Crippen LogP) is 2.55. The number of piperazine rings is 1. The summed E-state index contributed by atoms with van der Waals surface area (Å²) in [7, 11) is 0. The van der Waals surface area contributed by atoms with Crippen molar-refractivity contribution >= 4 is 24.8 Å². The van der Waals surface area contributed by atoms with Gasteiger partial charge in [-0.25, -0.2) is 0 Å². The van der Waals surface area contributed by atoms with Gasteiger partial charge in [0.05, 0.1) is 6.04 Å². The molecular formula is C14H20Cl2N4O. The van der Waals surface area contributed by atoms with Gasteiger partial charge >= 0.3 is 0 Å². The molecule has 0 bridgehead atoms. The Morgan fingerprint density at radius 2 is 1.81 bits per heavy atom. The Hall–Kier alpha value is -1.14. The molecule has 21 heavy (non-hydrogen) atoms. The van der Waals surface area contributed by atoms with E-state index >= 15 is 0 Å². The fourth-order valence-corrected chi connectivity index (χ4v) is 2.33. The van der Waals surface area contributed by atoms with Crippen molar-refractivity contribution < 1.29 is 4.52 Å². The number of rotatable bonds is 3. The lowest BCUT2D eigenvalue weighted by molar-refractivity contribution is 0.154. The molecule has 0 aliphatic carbocycles. The Bertz CT molecular complexity index is 529. The van der Waals surface area contributed by atoms with Gasteiger partial charge in [-0.05, 0) is 6.92 Å². The minimum absolute atomic E-state index is 0. The van der Waals surface area contributed by atoms with E-state index in [0.29, 0.717) is 11.7 Å². The quantitative estimate of drug-likeness (QED) is 0.937. The lowest BCUT2D eigenvalue weighted by Gasteiger charge is -2.30. The second kappa shape index (κ2) is 8.34. The van der Waals surface area contributed by atoms with Gasteiger partial charge in [-0.2, -0.15) is 4.98 Å². The van der Waals surface area contributed by atoms with Crippen LogP contribution in [0, 0.1) is 0 Å². The summed E-state index contributed by atoms with van der Waals surface area (Å²) in [5, 5.41) is 7.42. The van der Waals surface area contributed by atoms with E-state index < -0.39 is 0 Å². The maximum absolute atomic E-state index is 5.41. The normalized spacial score (nSPS) is 16.6. The molecule has 1 unspecified atom stereocenters. The molecular weight excluding hydrogens is 311 g/mol. The molecule has 5 nitrogen and oxygen atoms in total. The van der Waals surface area contributed by atoms with E-state index in [9.17, 15) is 0 Å². The van der Waals surface area contributed by atoms with Gasteiger partial charge in [-0.1, -0.05) is 35.5 Å². The lowest BCUT2D eigenvalue weighted by Crippen LogP contribution is -2.44. The number of hydrogen-bond donors (Lipinski definition) is 1. The number of aromatic nitrogens is 2. The Morgan fingerprint density at radius 3 is 2.48 bits per heavy atom. The average molecular weight is 331 g/mol. The Morgan fingerprint density at radius 1 is 1.14 bits per heavy atom. The zero-order chi connectivity index (χ0) is 13.1. The van der Waals surface area contributed by atoms with Gasteiger partial charge in [-0.15, -0.1) is 24.8 Å². The fourth-order valence-electron chi connectivity index (χ4n) is 2.33. The van der Waals surface area contributed by atoms with Crippen LogP contribution in [0.15, 0.2) is 34.9 Å². The van der Waals surface area contributed by atoms with Crippen molar-refractivity contribution in [2.45, 2.75) is 13.0 Å². The van der Waals surface area contributed by atoms with Crippen LogP contribution in [0.25, 0.3) is 11.4 Å². The van der Waals surface area contributed by atoms with Crippen LogP contribution in [0.5, 0.6) is 0 Å². The third kappa shape index (κ3) is 4.17. The first-order valence-corrected chi connectivity index (χ1v) is 6.68. The second-order valence-corrected chi connectivity index (χ2v) is 4.78. The van der Waals surface area contributed by atoms with Gasteiger partial charge < -0.3 is 9.84 Å². The highest BCUT2D eigenvalue weighted by molar-refractivity contribution is 5.85. The van der Waals surface area contributed by atoms with Crippen molar-refractivity contribution in [2.24, 2.45) is 0 Å². The van der Waals surface area contributed by atoms with Crippen LogP contribution >= 0.6 is 24.8 Å². The predicted molar refractivity (Wildman–Crippen MR) is 87.1 cm³/mol. The van der Waals surface area contributed by atoms with Gasteiger partial charge in [0.1, 0.15) is 0 Å². The van der Waals surface area contributed by atoms with E-state index in [4.69, 9.17) is 4.52 Å². The molecule has 1 fully saturated rings. The summed E-state index contributed by atoms with van der Waals surface area (Å²) in [5.41, 5.74) is 0.991. The molecule has 0 radical (unpaired) electrons. The van der Waals surface area contributed by atoms with Crippen LogP contribution in [-0.2, 0) is 0 Å². The molecule has 3 rings (SSSR count). The minimum Gasteiger partial charge on any atom is -0.337 e. The molecule has 2 heterocycles. The molecule has 7 heteroatoms. The SMILES string of the molecule is CC(c1nc(-c2ccccc2)no1)N1CCNCC1.Cl.Cl. The van der Waals surface area contributed by atoms with Crippen LogP contribution in [0.3, 0.4) is 0 Å². The molecule has 0 spiro atoms. The van der Waals surface area contributed by atoms with Crippen molar-refractivity contribution in [2.75, 3.05) is 26.2 Å². The first kappa shape index (κ1) is 17.9. The standard InChI is InChI=1S/C14H18N4O.2ClH/c1-11(18-9-7-15-8-10-18)14-16-13(17-19-14)12-5-3-2-4-6-12;;/h2-6,11,15H,7-10H2,1H3;2*1H. The second-order valence-electron chi connectivity index (χ2n) is 4.78. The third-order valence-electron chi connectivity index (χ3n) is 3.53. The van der Waals surface area contributed by atoms with Gasteiger partial charge in [-0.3, -0.25) is 4.90 Å². The van der Waals surface area contributed by atoms with Crippen LogP contribution in [0.2, 0.25) is 0 Å². The number of nitrogens with one attached hydrogen (secondary N) is 1. The zero-order valence-corrected chi connectivity index (χ0v) is 13.5. The molecule has 2 aromatic rings. The first-order chi connectivity index (χ1) is 9.34. The summed E-state index contributed by atoms with van der Waals surface area (Å²) in [6, 6.07) is 10.1. The molecule has 1 saturated heterocycles. The third-order valence-corrected chi connectivity index (χ3v) is 3.53. The average Bonchev–Trinajstić information content (AvgIpc) is 2.98. The minimum atomic E-state index is 0. The topological polar surface area (TPSA) is 54.2 Å². The Balaban J connectivity index is 0.00000110. The van der Waals surface area contributed by atoms with E-state index in [1.165, 1.54) is 0 Å². The number of halogens is 2. The van der Waals surface area contributed by atoms with Crippen LogP contribution in [0.1, 0.15) is 18.9 Å². The number of nitrogens with zero attached hydrogens (tertiary/aromatic N) is 3. The van der Waals surface area contributed by atoms with E-state index in [1.54, 1.807) is 0 Å². The monoisotopic (exact) mass is 330 g/mol. The first-order valence-electron chi connectivity index (χ1n) is 6.68. The summed E-state index contributed by atoms with van der Waals surface area (Å²) in [6.07, 6.45) is 0. The molecule has 1 aromatic heterocycles. The molecule has 1 aliphatic heterocycles. The van der Waals surface area contributed by atoms with E-state index in [1.807, 2.05) is 30.3 Å². The number of benzene rings is 1. The van der Waals surface area contributed by atoms with Crippen molar-refractivity contribution in [1.82, 2.24) is 20.4 Å². The van der Waals surface area contributed by atoms with Crippen LogP contribution in [0.4, 0.5) is 0 Å². The highest BCUT2D eigenvalue weighted by Crippen LogP contribution is 2.22. The van der Waals surface area contributed by atoms with Gasteiger partial charge in [0.25, 0.3) is 0 Å². The molecule has 1 aliphatic rings. The Kier molecular flexibility index (Phi) is 7.11. The summed E-state index contributed by atoms with van der Waals surface area (Å²) >= 11 is 0. The van der Waals surface area contributed by atoms with Crippen LogP contribution < -0.4 is 5.32 Å². The van der Waals surface area contributed by atoms with E-state index in [2.05, 4.69) is 27.3 Å². The molecule has 1 atom stereocenters. The fraction of sp³-hybridized carbons (Fsp3) is 0.429. The molecule has 1 aromatic carbocycles. The van der Waals surface area contributed by atoms with E-state index in [-0.39, 0.29) is 30.9 Å². The lowest BCUT2D eigenvalue weighted by atomic mass is 10.2. The van der Waals surface area contributed by atoms with Gasteiger partial charge in [0.15, 0.2) is 0 Å². The largest absolute Gasteiger partial charge is 0.337 e. The smallest absolute Gasteiger partial charge is 0.244 e. The maximum atomic E-state index is 5.41. The van der Waals surface area contributed by atoms with Gasteiger partial charge in [0, 0.05) is 31.7 Å². The van der Waals surface area contributed by atoms with E-state index in [0.717, 1.165) is 31.7 Å². The van der Waals surface area contributed by atoms with Crippen molar-refractivity contribution in [3.8, 4) is 11.4 Å². The molecule has 0 amide bonds. The summed E-state index contributed by atoms with van der Waals surface area (Å²) < 4.78 is 5.41. The summed E-state index contributed by atoms with van der Waals surface area (Å²) in [6.45, 7) is 6.19. The maximum Gasteiger partial charge on any atom is 0.244 e. The van der Waals surface area contributed by atoms with Crippen LogP contribution in [-0.4, -0.2) is 41.2 Å². The number of hydrogen-bond acceptors (Lipinski definition) is 5. The highest BCUT2D eigenvalue weighted by Gasteiger charge is 2.23. The van der Waals surface area contributed by atoms with Crippen molar-refractivity contribution in [3.63, 3.8) is 0 Å². The van der Waals surface area contributed by atoms with Crippen molar-refractivity contribution in [3.05, 3.63) is 36.2 Å². The summed E-state index contributed by atoms with van der Waals surface area (Å²) in [4.78, 5) is 6.88. The molecule has 1 N–H and O–H groups in total. The Labute approximate surface area is 136 Å². The molecule has 0 saturated carbocycles. The summed E-state index contributed by atoms with van der Waals surface area (Å²) in [5.74, 6) is 1.36. The zero-order valence-electron chi connectivity index (χ0n) is 11.9. The highest BCUT2D eigenvalue weighted by atomic mass is 35.5.